The van der Waals surface area contributed by atoms with Gasteiger partial charge in [-0.2, -0.15) is 0 Å². The summed E-state index contributed by atoms with van der Waals surface area (Å²) >= 11 is 0. The molecule has 1 fully saturated rings. The molecule has 1 aliphatic carbocycles. The first kappa shape index (κ1) is 23.3. The van der Waals surface area contributed by atoms with Gasteiger partial charge in [0.25, 0.3) is 0 Å². The van der Waals surface area contributed by atoms with E-state index in [1.807, 2.05) is 60.8 Å². The molecule has 0 unspecified atom stereocenters. The lowest BCUT2D eigenvalue weighted by Crippen LogP contribution is -2.21. The summed E-state index contributed by atoms with van der Waals surface area (Å²) < 4.78 is 10.9. The van der Waals surface area contributed by atoms with Crippen molar-refractivity contribution in [3.8, 4) is 11.5 Å². The number of rotatable bonds is 10. The van der Waals surface area contributed by atoms with Crippen molar-refractivity contribution in [2.75, 3.05) is 20.8 Å². The van der Waals surface area contributed by atoms with Crippen LogP contribution in [0.2, 0.25) is 0 Å². The number of aromatic nitrogens is 1. The van der Waals surface area contributed by atoms with Crippen molar-refractivity contribution < 1.29 is 14.3 Å². The normalized spacial score (nSPS) is 16.5. The van der Waals surface area contributed by atoms with Gasteiger partial charge in [0.05, 0.1) is 14.2 Å². The van der Waals surface area contributed by atoms with Crippen LogP contribution in [0.3, 0.4) is 0 Å². The van der Waals surface area contributed by atoms with E-state index in [1.165, 1.54) is 11.1 Å². The van der Waals surface area contributed by atoms with Crippen molar-refractivity contribution in [3.05, 3.63) is 108 Å². The number of allylic oxidation sites excluding steroid dienone is 1. The summed E-state index contributed by atoms with van der Waals surface area (Å²) in [5, 5.41) is 2.96. The van der Waals surface area contributed by atoms with E-state index in [0.717, 1.165) is 29.9 Å². The van der Waals surface area contributed by atoms with E-state index in [0.29, 0.717) is 6.54 Å². The van der Waals surface area contributed by atoms with Gasteiger partial charge in [0.1, 0.15) is 11.5 Å². The average molecular weight is 455 g/mol. The first-order chi connectivity index (χ1) is 16.7. The third kappa shape index (κ3) is 5.37. The Morgan fingerprint density at radius 1 is 1.06 bits per heavy atom. The molecule has 1 amide bonds. The Bertz CT molecular complexity index is 1120. The predicted molar refractivity (Wildman–Crippen MR) is 135 cm³/mol. The van der Waals surface area contributed by atoms with Crippen LogP contribution in [-0.2, 0) is 10.2 Å². The number of carbonyl (C=O) groups excluding carboxylic acids is 1. The van der Waals surface area contributed by atoms with Crippen LogP contribution in [0.1, 0.15) is 29.5 Å². The standard InChI is InChI=1S/C29H30N2O3/c1-33-26-12-5-10-23(18-26)29(24-11-6-13-27(19-24)34-2)20-25(29)14-15-28(32)31-17-4-3-8-22-9-7-16-30-21-22/h3,5-16,18-19,21,25H,4,17,20H2,1-2H3,(H,31,32)/b8-3+,15-14+/t25-/m1/s1. The molecular weight excluding hydrogens is 424 g/mol. The molecule has 4 rings (SSSR count). The van der Waals surface area contributed by atoms with E-state index in [1.54, 1.807) is 26.5 Å². The zero-order valence-corrected chi connectivity index (χ0v) is 19.6. The lowest BCUT2D eigenvalue weighted by molar-refractivity contribution is -0.116. The predicted octanol–water partition coefficient (Wildman–Crippen LogP) is 5.18. The van der Waals surface area contributed by atoms with E-state index in [-0.39, 0.29) is 17.2 Å². The molecule has 0 spiro atoms. The molecule has 3 aromatic rings. The fourth-order valence-electron chi connectivity index (χ4n) is 4.39. The highest BCUT2D eigenvalue weighted by atomic mass is 16.5. The minimum absolute atomic E-state index is 0.0770. The Morgan fingerprint density at radius 2 is 1.76 bits per heavy atom. The van der Waals surface area contributed by atoms with Crippen LogP contribution in [0, 0.1) is 5.92 Å². The maximum Gasteiger partial charge on any atom is 0.243 e. The van der Waals surface area contributed by atoms with Crippen molar-refractivity contribution >= 4 is 12.0 Å². The van der Waals surface area contributed by atoms with Gasteiger partial charge in [0, 0.05) is 24.4 Å². The quantitative estimate of drug-likeness (QED) is 0.339. The van der Waals surface area contributed by atoms with E-state index in [4.69, 9.17) is 9.47 Å². The number of methoxy groups -OCH3 is 2. The Kier molecular flexibility index (Phi) is 7.43. The molecule has 0 saturated heterocycles. The fourth-order valence-corrected chi connectivity index (χ4v) is 4.39. The Balaban J connectivity index is 1.42. The van der Waals surface area contributed by atoms with E-state index in [9.17, 15) is 4.79 Å². The molecule has 5 heteroatoms. The summed E-state index contributed by atoms with van der Waals surface area (Å²) in [7, 11) is 3.36. The molecule has 1 aromatic heterocycles. The molecular formula is C29H30N2O3. The SMILES string of the molecule is COc1cccc(C2(c3cccc(OC)c3)C[C@H]2/C=C/C(=O)NCC/C=C/c2cccnc2)c1. The van der Waals surface area contributed by atoms with Crippen LogP contribution in [-0.4, -0.2) is 31.7 Å². The molecule has 1 heterocycles. The average Bonchev–Trinajstić information content (AvgIpc) is 3.63. The Hall–Kier alpha value is -3.86. The van der Waals surface area contributed by atoms with E-state index in [2.05, 4.69) is 34.6 Å². The van der Waals surface area contributed by atoms with Crippen LogP contribution in [0.15, 0.2) is 91.3 Å². The molecule has 0 radical (unpaired) electrons. The third-order valence-electron chi connectivity index (χ3n) is 6.27. The fraction of sp³-hybridized carbons (Fsp3) is 0.241. The second-order valence-electron chi connectivity index (χ2n) is 8.37. The van der Waals surface area contributed by atoms with Gasteiger partial charge in [-0.25, -0.2) is 0 Å². The molecule has 1 atom stereocenters. The zero-order chi connectivity index (χ0) is 23.8. The number of carbonyl (C=O) groups is 1. The summed E-state index contributed by atoms with van der Waals surface area (Å²) in [6.45, 7) is 0.585. The lowest BCUT2D eigenvalue weighted by atomic mass is 9.85. The van der Waals surface area contributed by atoms with Crippen molar-refractivity contribution in [1.29, 1.82) is 0 Å². The highest BCUT2D eigenvalue weighted by Gasteiger charge is 2.55. The molecule has 0 bridgehead atoms. The Labute approximate surface area is 201 Å². The summed E-state index contributed by atoms with van der Waals surface area (Å²) in [4.78, 5) is 16.5. The van der Waals surface area contributed by atoms with Crippen molar-refractivity contribution in [2.45, 2.75) is 18.3 Å². The number of ether oxygens (including phenoxy) is 2. The topological polar surface area (TPSA) is 60.5 Å². The molecule has 1 saturated carbocycles. The smallest absolute Gasteiger partial charge is 0.243 e. The first-order valence-corrected chi connectivity index (χ1v) is 11.5. The van der Waals surface area contributed by atoms with Crippen LogP contribution < -0.4 is 14.8 Å². The van der Waals surface area contributed by atoms with Crippen molar-refractivity contribution in [2.24, 2.45) is 5.92 Å². The molecule has 2 aromatic carbocycles. The third-order valence-corrected chi connectivity index (χ3v) is 6.27. The number of benzene rings is 2. The highest BCUT2D eigenvalue weighted by Crippen LogP contribution is 2.60. The zero-order valence-electron chi connectivity index (χ0n) is 19.6. The molecule has 1 aliphatic rings. The minimum atomic E-state index is -0.202. The van der Waals surface area contributed by atoms with Crippen molar-refractivity contribution in [3.63, 3.8) is 0 Å². The van der Waals surface area contributed by atoms with Crippen LogP contribution in [0.4, 0.5) is 0 Å². The summed E-state index contributed by atoms with van der Waals surface area (Å²) in [5.74, 6) is 1.78. The monoisotopic (exact) mass is 454 g/mol. The van der Waals surface area contributed by atoms with Gasteiger partial charge in [-0.1, -0.05) is 48.6 Å². The molecule has 1 N–H and O–H groups in total. The van der Waals surface area contributed by atoms with Crippen molar-refractivity contribution in [1.82, 2.24) is 10.3 Å². The summed E-state index contributed by atoms with van der Waals surface area (Å²) in [6.07, 6.45) is 13.0. The number of amides is 1. The molecule has 174 valence electrons. The van der Waals surface area contributed by atoms with Gasteiger partial charge in [0.2, 0.25) is 5.91 Å². The summed E-state index contributed by atoms with van der Waals surface area (Å²) in [6, 6.07) is 20.3. The second kappa shape index (κ2) is 10.8. The molecule has 5 nitrogen and oxygen atoms in total. The second-order valence-corrected chi connectivity index (χ2v) is 8.37. The lowest BCUT2D eigenvalue weighted by Gasteiger charge is -2.20. The maximum absolute atomic E-state index is 12.4. The first-order valence-electron chi connectivity index (χ1n) is 11.5. The van der Waals surface area contributed by atoms with Gasteiger partial charge in [0.15, 0.2) is 0 Å². The number of hydrogen-bond donors (Lipinski definition) is 1. The van der Waals surface area contributed by atoms with E-state index >= 15 is 0 Å². The van der Waals surface area contributed by atoms with Crippen LogP contribution in [0.25, 0.3) is 6.08 Å². The van der Waals surface area contributed by atoms with Gasteiger partial charge >= 0.3 is 0 Å². The molecule has 34 heavy (non-hydrogen) atoms. The van der Waals surface area contributed by atoms with Gasteiger partial charge < -0.3 is 14.8 Å². The summed E-state index contributed by atoms with van der Waals surface area (Å²) in [5.41, 5.74) is 3.20. The highest BCUT2D eigenvalue weighted by molar-refractivity contribution is 5.87. The number of pyridine rings is 1. The maximum atomic E-state index is 12.4. The largest absolute Gasteiger partial charge is 0.497 e. The van der Waals surface area contributed by atoms with Crippen LogP contribution >= 0.6 is 0 Å². The number of nitrogens with one attached hydrogen (secondary N) is 1. The minimum Gasteiger partial charge on any atom is -0.497 e. The Morgan fingerprint density at radius 3 is 2.38 bits per heavy atom. The van der Waals surface area contributed by atoms with Gasteiger partial charge in [-0.15, -0.1) is 0 Å². The number of nitrogens with zero attached hydrogens (tertiary/aromatic N) is 1. The molecule has 0 aliphatic heterocycles. The van der Waals surface area contributed by atoms with Gasteiger partial charge in [-0.3, -0.25) is 9.78 Å². The number of hydrogen-bond acceptors (Lipinski definition) is 4. The van der Waals surface area contributed by atoms with Crippen LogP contribution in [0.5, 0.6) is 11.5 Å². The van der Waals surface area contributed by atoms with Gasteiger partial charge in [-0.05, 0) is 71.9 Å². The van der Waals surface area contributed by atoms with E-state index < -0.39 is 0 Å².